The van der Waals surface area contributed by atoms with Crippen molar-refractivity contribution in [2.45, 2.75) is 50.1 Å². The third kappa shape index (κ3) is 2.75. The van der Waals surface area contributed by atoms with Gasteiger partial charge in [0.1, 0.15) is 0 Å². The minimum atomic E-state index is -0.718. The Kier molecular flexibility index (Phi) is 4.40. The zero-order valence-electron chi connectivity index (χ0n) is 11.1. The normalized spacial score (nSPS) is 23.8. The van der Waals surface area contributed by atoms with Crippen molar-refractivity contribution in [3.8, 4) is 0 Å². The summed E-state index contributed by atoms with van der Waals surface area (Å²) in [5.74, 6) is 0.0950. The van der Waals surface area contributed by atoms with E-state index in [1.54, 1.807) is 6.08 Å². The molecule has 2 N–H and O–H groups in total. The number of nitrogens with two attached hydrogens (primary N) is 1. The summed E-state index contributed by atoms with van der Waals surface area (Å²) < 4.78 is 5.31. The Morgan fingerprint density at radius 1 is 1.39 bits per heavy atom. The Hall–Kier alpha value is -0.870. The highest BCUT2D eigenvalue weighted by Crippen LogP contribution is 2.28. The standard InChI is InChI=1S/C14H24N2O2/c1-2-9-16(12-5-3-4-6-12)13(17)14(15)7-10-18-11-8-14/h2,12H,1,3-11,15H2. The second kappa shape index (κ2) is 5.85. The van der Waals surface area contributed by atoms with Crippen LogP contribution in [0.2, 0.25) is 0 Å². The van der Waals surface area contributed by atoms with Gasteiger partial charge in [-0.25, -0.2) is 0 Å². The molecular weight excluding hydrogens is 228 g/mol. The van der Waals surface area contributed by atoms with Gasteiger partial charge >= 0.3 is 0 Å². The number of carbonyl (C=O) groups excluding carboxylic acids is 1. The van der Waals surface area contributed by atoms with E-state index in [2.05, 4.69) is 6.58 Å². The fourth-order valence-electron chi connectivity index (χ4n) is 2.99. The highest BCUT2D eigenvalue weighted by atomic mass is 16.5. The molecule has 0 unspecified atom stereocenters. The molecule has 1 amide bonds. The molecule has 0 bridgehead atoms. The highest BCUT2D eigenvalue weighted by Gasteiger charge is 2.41. The first-order valence-corrected chi connectivity index (χ1v) is 6.96. The lowest BCUT2D eigenvalue weighted by atomic mass is 9.89. The van der Waals surface area contributed by atoms with E-state index >= 15 is 0 Å². The van der Waals surface area contributed by atoms with Crippen LogP contribution in [0.15, 0.2) is 12.7 Å². The largest absolute Gasteiger partial charge is 0.381 e. The lowest BCUT2D eigenvalue weighted by Gasteiger charge is -2.39. The molecule has 102 valence electrons. The van der Waals surface area contributed by atoms with Gasteiger partial charge in [-0.05, 0) is 25.7 Å². The lowest BCUT2D eigenvalue weighted by Crippen LogP contribution is -2.59. The van der Waals surface area contributed by atoms with Gasteiger partial charge in [0.15, 0.2) is 0 Å². The summed E-state index contributed by atoms with van der Waals surface area (Å²) >= 11 is 0. The molecule has 2 rings (SSSR count). The zero-order chi connectivity index (χ0) is 13.0. The van der Waals surface area contributed by atoms with E-state index in [-0.39, 0.29) is 5.91 Å². The van der Waals surface area contributed by atoms with Crippen molar-refractivity contribution >= 4 is 5.91 Å². The molecule has 2 aliphatic rings. The molecule has 0 spiro atoms. The maximum absolute atomic E-state index is 12.7. The number of carbonyl (C=O) groups is 1. The molecule has 0 radical (unpaired) electrons. The van der Waals surface area contributed by atoms with Crippen LogP contribution < -0.4 is 5.73 Å². The predicted molar refractivity (Wildman–Crippen MR) is 71.1 cm³/mol. The van der Waals surface area contributed by atoms with Crippen molar-refractivity contribution in [1.29, 1.82) is 0 Å². The molecule has 1 aliphatic carbocycles. The fourth-order valence-corrected chi connectivity index (χ4v) is 2.99. The minimum Gasteiger partial charge on any atom is -0.381 e. The average molecular weight is 252 g/mol. The zero-order valence-corrected chi connectivity index (χ0v) is 11.1. The number of hydrogen-bond donors (Lipinski definition) is 1. The Labute approximate surface area is 109 Å². The lowest BCUT2D eigenvalue weighted by molar-refractivity contribution is -0.142. The Morgan fingerprint density at radius 2 is 2.00 bits per heavy atom. The summed E-state index contributed by atoms with van der Waals surface area (Å²) in [6, 6.07) is 0.360. The SMILES string of the molecule is C=CCN(C(=O)C1(N)CCOCC1)C1CCCC1. The van der Waals surface area contributed by atoms with E-state index in [9.17, 15) is 4.79 Å². The second-order valence-electron chi connectivity index (χ2n) is 5.45. The van der Waals surface area contributed by atoms with Gasteiger partial charge in [-0.2, -0.15) is 0 Å². The summed E-state index contributed by atoms with van der Waals surface area (Å²) in [5, 5.41) is 0. The molecule has 18 heavy (non-hydrogen) atoms. The van der Waals surface area contributed by atoms with E-state index in [4.69, 9.17) is 10.5 Å². The number of nitrogens with zero attached hydrogens (tertiary/aromatic N) is 1. The Balaban J connectivity index is 2.08. The van der Waals surface area contributed by atoms with E-state index in [1.807, 2.05) is 4.90 Å². The molecule has 0 atom stereocenters. The van der Waals surface area contributed by atoms with Crippen molar-refractivity contribution in [2.24, 2.45) is 5.73 Å². The quantitative estimate of drug-likeness (QED) is 0.771. The van der Waals surface area contributed by atoms with Crippen LogP contribution in [0.5, 0.6) is 0 Å². The summed E-state index contributed by atoms with van der Waals surface area (Å²) in [4.78, 5) is 14.6. The molecule has 0 aromatic rings. The highest BCUT2D eigenvalue weighted by molar-refractivity contribution is 5.86. The van der Waals surface area contributed by atoms with Crippen LogP contribution in [0.25, 0.3) is 0 Å². The van der Waals surface area contributed by atoms with Crippen LogP contribution in [0.4, 0.5) is 0 Å². The number of amides is 1. The van der Waals surface area contributed by atoms with E-state index in [1.165, 1.54) is 12.8 Å². The maximum Gasteiger partial charge on any atom is 0.243 e. The van der Waals surface area contributed by atoms with Gasteiger partial charge in [0.05, 0.1) is 5.54 Å². The van der Waals surface area contributed by atoms with E-state index < -0.39 is 5.54 Å². The van der Waals surface area contributed by atoms with Gasteiger partial charge in [0.2, 0.25) is 5.91 Å². The van der Waals surface area contributed by atoms with Crippen molar-refractivity contribution in [2.75, 3.05) is 19.8 Å². The fraction of sp³-hybridized carbons (Fsp3) is 0.786. The molecule has 2 fully saturated rings. The Morgan fingerprint density at radius 3 is 2.56 bits per heavy atom. The van der Waals surface area contributed by atoms with Gasteiger partial charge < -0.3 is 15.4 Å². The van der Waals surface area contributed by atoms with Crippen LogP contribution in [-0.4, -0.2) is 42.1 Å². The van der Waals surface area contributed by atoms with Crippen LogP contribution in [0, 0.1) is 0 Å². The maximum atomic E-state index is 12.7. The van der Waals surface area contributed by atoms with Gasteiger partial charge in [-0.15, -0.1) is 6.58 Å². The van der Waals surface area contributed by atoms with Crippen LogP contribution in [-0.2, 0) is 9.53 Å². The van der Waals surface area contributed by atoms with Crippen molar-refractivity contribution in [3.05, 3.63) is 12.7 Å². The summed E-state index contributed by atoms with van der Waals surface area (Å²) in [6.45, 7) is 5.56. The van der Waals surface area contributed by atoms with Gasteiger partial charge in [-0.3, -0.25) is 4.79 Å². The number of hydrogen-bond acceptors (Lipinski definition) is 3. The molecule has 4 heteroatoms. The number of ether oxygens (including phenoxy) is 1. The smallest absolute Gasteiger partial charge is 0.243 e. The minimum absolute atomic E-state index is 0.0950. The van der Waals surface area contributed by atoms with Crippen LogP contribution in [0.1, 0.15) is 38.5 Å². The molecule has 1 saturated carbocycles. The molecule has 1 heterocycles. The first-order valence-electron chi connectivity index (χ1n) is 6.96. The first-order chi connectivity index (χ1) is 8.67. The third-order valence-corrected chi connectivity index (χ3v) is 4.16. The summed E-state index contributed by atoms with van der Waals surface area (Å²) in [6.07, 6.45) is 7.70. The molecule has 4 nitrogen and oxygen atoms in total. The van der Waals surface area contributed by atoms with Crippen molar-refractivity contribution < 1.29 is 9.53 Å². The predicted octanol–water partition coefficient (Wildman–Crippen LogP) is 1.45. The van der Waals surface area contributed by atoms with Crippen LogP contribution >= 0.6 is 0 Å². The third-order valence-electron chi connectivity index (χ3n) is 4.16. The Bertz CT molecular complexity index is 305. The van der Waals surface area contributed by atoms with E-state index in [0.717, 1.165) is 12.8 Å². The van der Waals surface area contributed by atoms with Gasteiger partial charge in [0.25, 0.3) is 0 Å². The topological polar surface area (TPSA) is 55.6 Å². The van der Waals surface area contributed by atoms with Gasteiger partial charge in [0, 0.05) is 25.8 Å². The van der Waals surface area contributed by atoms with Crippen LogP contribution in [0.3, 0.4) is 0 Å². The summed E-state index contributed by atoms with van der Waals surface area (Å²) in [5.41, 5.74) is 5.58. The number of rotatable bonds is 4. The molecular formula is C14H24N2O2. The summed E-state index contributed by atoms with van der Waals surface area (Å²) in [7, 11) is 0. The molecule has 1 saturated heterocycles. The van der Waals surface area contributed by atoms with Gasteiger partial charge in [-0.1, -0.05) is 18.9 Å². The van der Waals surface area contributed by atoms with Crippen molar-refractivity contribution in [1.82, 2.24) is 4.90 Å². The molecule has 0 aromatic heterocycles. The monoisotopic (exact) mass is 252 g/mol. The second-order valence-corrected chi connectivity index (χ2v) is 5.45. The molecule has 0 aromatic carbocycles. The first kappa shape index (κ1) is 13.6. The van der Waals surface area contributed by atoms with Crippen molar-refractivity contribution in [3.63, 3.8) is 0 Å². The average Bonchev–Trinajstić information content (AvgIpc) is 2.90. The molecule has 1 aliphatic heterocycles. The van der Waals surface area contributed by atoms with E-state index in [0.29, 0.717) is 38.6 Å².